The summed E-state index contributed by atoms with van der Waals surface area (Å²) >= 11 is 0. The van der Waals surface area contributed by atoms with Crippen LogP contribution in [0.5, 0.6) is 0 Å². The molecular formula is C27H46O2. The van der Waals surface area contributed by atoms with Crippen LogP contribution in [-0.4, -0.2) is 22.4 Å². The summed E-state index contributed by atoms with van der Waals surface area (Å²) in [4.78, 5) is 0. The van der Waals surface area contributed by atoms with Crippen molar-refractivity contribution in [3.8, 4) is 0 Å². The zero-order chi connectivity index (χ0) is 21.0. The van der Waals surface area contributed by atoms with Gasteiger partial charge in [0.15, 0.2) is 0 Å². The minimum absolute atomic E-state index is 0.113. The molecule has 0 aromatic carbocycles. The van der Waals surface area contributed by atoms with Crippen LogP contribution in [-0.2, 0) is 0 Å². The first-order valence-electron chi connectivity index (χ1n) is 12.7. The van der Waals surface area contributed by atoms with Crippen molar-refractivity contribution in [3.63, 3.8) is 0 Å². The van der Waals surface area contributed by atoms with E-state index in [2.05, 4.69) is 40.7 Å². The van der Waals surface area contributed by atoms with E-state index in [1.807, 2.05) is 0 Å². The molecule has 3 fully saturated rings. The highest BCUT2D eigenvalue weighted by atomic mass is 16.3. The van der Waals surface area contributed by atoms with E-state index in [1.54, 1.807) is 0 Å². The molecule has 2 nitrogen and oxygen atoms in total. The van der Waals surface area contributed by atoms with E-state index < -0.39 is 0 Å². The van der Waals surface area contributed by atoms with Gasteiger partial charge in [-0.15, -0.1) is 0 Å². The maximum absolute atomic E-state index is 11.3. The van der Waals surface area contributed by atoms with Gasteiger partial charge in [0.1, 0.15) is 0 Å². The Kier molecular flexibility index (Phi) is 6.01. The fraction of sp³-hybridized carbons (Fsp3) is 0.926. The van der Waals surface area contributed by atoms with Crippen LogP contribution >= 0.6 is 0 Å². The van der Waals surface area contributed by atoms with Gasteiger partial charge in [0.05, 0.1) is 12.2 Å². The van der Waals surface area contributed by atoms with Gasteiger partial charge in [-0.25, -0.2) is 0 Å². The predicted octanol–water partition coefficient (Wildman–Crippen LogP) is 6.36. The van der Waals surface area contributed by atoms with Crippen LogP contribution in [0.2, 0.25) is 0 Å². The third kappa shape index (κ3) is 3.65. The first kappa shape index (κ1) is 21.9. The zero-order valence-corrected chi connectivity index (χ0v) is 19.7. The summed E-state index contributed by atoms with van der Waals surface area (Å²) in [6, 6.07) is 0. The minimum atomic E-state index is -0.132. The van der Waals surface area contributed by atoms with Crippen LogP contribution < -0.4 is 0 Å². The van der Waals surface area contributed by atoms with Crippen molar-refractivity contribution in [2.75, 3.05) is 0 Å². The molecule has 0 spiro atoms. The van der Waals surface area contributed by atoms with Crippen LogP contribution in [0.15, 0.2) is 11.6 Å². The molecule has 9 atom stereocenters. The molecule has 0 amide bonds. The molecular weight excluding hydrogens is 356 g/mol. The van der Waals surface area contributed by atoms with E-state index in [9.17, 15) is 10.2 Å². The summed E-state index contributed by atoms with van der Waals surface area (Å²) < 4.78 is 0. The summed E-state index contributed by atoms with van der Waals surface area (Å²) in [6.07, 6.45) is 14.0. The second kappa shape index (κ2) is 7.97. The fourth-order valence-corrected chi connectivity index (χ4v) is 8.69. The van der Waals surface area contributed by atoms with Gasteiger partial charge in [-0.05, 0) is 91.3 Å². The monoisotopic (exact) mass is 402 g/mol. The van der Waals surface area contributed by atoms with Crippen molar-refractivity contribution in [2.24, 2.45) is 46.3 Å². The topological polar surface area (TPSA) is 40.5 Å². The van der Waals surface area contributed by atoms with Crippen LogP contribution in [0, 0.1) is 46.3 Å². The molecule has 3 saturated carbocycles. The Balaban J connectivity index is 1.54. The second-order valence-corrected chi connectivity index (χ2v) is 12.3. The van der Waals surface area contributed by atoms with Gasteiger partial charge in [0.2, 0.25) is 0 Å². The average molecular weight is 403 g/mol. The average Bonchev–Trinajstić information content (AvgIpc) is 2.93. The molecule has 0 unspecified atom stereocenters. The van der Waals surface area contributed by atoms with Crippen LogP contribution in [0.1, 0.15) is 98.8 Å². The molecule has 0 aliphatic heterocycles. The molecule has 0 aromatic heterocycles. The van der Waals surface area contributed by atoms with Gasteiger partial charge < -0.3 is 10.2 Å². The van der Waals surface area contributed by atoms with Crippen molar-refractivity contribution >= 4 is 0 Å². The Labute approximate surface area is 179 Å². The van der Waals surface area contributed by atoms with Gasteiger partial charge in [-0.3, -0.25) is 0 Å². The van der Waals surface area contributed by atoms with Crippen molar-refractivity contribution in [1.82, 2.24) is 0 Å². The maximum Gasteiger partial charge on any atom is 0.0579 e. The van der Waals surface area contributed by atoms with E-state index in [-0.39, 0.29) is 17.6 Å². The summed E-state index contributed by atoms with van der Waals surface area (Å²) in [5, 5.41) is 21.5. The van der Waals surface area contributed by atoms with Crippen molar-refractivity contribution < 1.29 is 10.2 Å². The predicted molar refractivity (Wildman–Crippen MR) is 120 cm³/mol. The number of hydrogen-bond acceptors (Lipinski definition) is 2. The lowest BCUT2D eigenvalue weighted by molar-refractivity contribution is -0.0816. The lowest BCUT2D eigenvalue weighted by Crippen LogP contribution is -2.52. The molecule has 2 N–H and O–H groups in total. The first-order valence-corrected chi connectivity index (χ1v) is 12.7. The Bertz CT molecular complexity index is 624. The molecule has 4 rings (SSSR count). The van der Waals surface area contributed by atoms with Crippen molar-refractivity contribution in [3.05, 3.63) is 11.6 Å². The molecule has 4 aliphatic carbocycles. The SMILES string of the molecule is CC(C)CCC[C@@H](C)[C@H]1C[C@H](O)[C@H]2[C@@H]3CC=C4C[C@@H](O)CC[C@]4(C)[C@H]3CC[C@@]21C. The number of hydrogen-bond donors (Lipinski definition) is 2. The molecule has 0 radical (unpaired) electrons. The van der Waals surface area contributed by atoms with Crippen LogP contribution in [0.4, 0.5) is 0 Å². The molecule has 0 bridgehead atoms. The second-order valence-electron chi connectivity index (χ2n) is 12.3. The molecule has 4 aliphatic rings. The van der Waals surface area contributed by atoms with Gasteiger partial charge >= 0.3 is 0 Å². The number of aliphatic hydroxyl groups excluding tert-OH is 2. The van der Waals surface area contributed by atoms with E-state index in [0.29, 0.717) is 29.1 Å². The molecule has 166 valence electrons. The maximum atomic E-state index is 11.3. The number of rotatable bonds is 5. The Morgan fingerprint density at radius 3 is 2.55 bits per heavy atom. The summed E-state index contributed by atoms with van der Waals surface area (Å²) in [7, 11) is 0. The lowest BCUT2D eigenvalue weighted by Gasteiger charge is -2.58. The number of allylic oxidation sites excluding steroid dienone is 1. The minimum Gasteiger partial charge on any atom is -0.393 e. The van der Waals surface area contributed by atoms with Crippen molar-refractivity contribution in [1.29, 1.82) is 0 Å². The largest absolute Gasteiger partial charge is 0.393 e. The third-order valence-electron chi connectivity index (χ3n) is 10.3. The van der Waals surface area contributed by atoms with Crippen LogP contribution in [0.25, 0.3) is 0 Å². The highest BCUT2D eigenvalue weighted by Crippen LogP contribution is 2.67. The molecule has 0 saturated heterocycles. The van der Waals surface area contributed by atoms with E-state index in [4.69, 9.17) is 0 Å². The molecule has 2 heteroatoms. The summed E-state index contributed by atoms with van der Waals surface area (Å²) in [5.74, 6) is 4.03. The highest BCUT2D eigenvalue weighted by Gasteiger charge is 2.61. The highest BCUT2D eigenvalue weighted by molar-refractivity contribution is 5.26. The third-order valence-corrected chi connectivity index (χ3v) is 10.3. The quantitative estimate of drug-likeness (QED) is 0.525. The molecule has 0 heterocycles. The normalized spacial score (nSPS) is 47.9. The fourth-order valence-electron chi connectivity index (χ4n) is 8.69. The van der Waals surface area contributed by atoms with Crippen molar-refractivity contribution in [2.45, 2.75) is 111 Å². The Morgan fingerprint density at radius 2 is 1.83 bits per heavy atom. The van der Waals surface area contributed by atoms with E-state index in [1.165, 1.54) is 37.7 Å². The lowest BCUT2D eigenvalue weighted by atomic mass is 9.46. The molecule has 0 aromatic rings. The Morgan fingerprint density at radius 1 is 1.07 bits per heavy atom. The smallest absolute Gasteiger partial charge is 0.0579 e. The number of aliphatic hydroxyl groups is 2. The molecule has 29 heavy (non-hydrogen) atoms. The van der Waals surface area contributed by atoms with E-state index in [0.717, 1.165) is 43.9 Å². The number of fused-ring (bicyclic) bond motifs is 5. The van der Waals surface area contributed by atoms with Crippen LogP contribution in [0.3, 0.4) is 0 Å². The van der Waals surface area contributed by atoms with Gasteiger partial charge in [-0.2, -0.15) is 0 Å². The zero-order valence-electron chi connectivity index (χ0n) is 19.7. The standard InChI is InChI=1S/C27H46O2/c1-17(2)7-6-8-18(3)23-16-24(29)25-21-10-9-19-15-20(28)11-13-26(19,4)22(21)12-14-27(23,25)5/h9,17-18,20-25,28-29H,6-8,10-16H2,1-5H3/t18-,20+,21-,22+,23-,24+,25-,26+,27-/m1/s1. The Hall–Kier alpha value is -0.340. The van der Waals surface area contributed by atoms with E-state index >= 15 is 0 Å². The summed E-state index contributed by atoms with van der Waals surface area (Å²) in [5.41, 5.74) is 2.12. The van der Waals surface area contributed by atoms with Gasteiger partial charge in [0, 0.05) is 0 Å². The van der Waals surface area contributed by atoms with Gasteiger partial charge in [0.25, 0.3) is 0 Å². The van der Waals surface area contributed by atoms with Gasteiger partial charge in [-0.1, -0.05) is 65.5 Å². The summed E-state index contributed by atoms with van der Waals surface area (Å²) in [6.45, 7) is 12.2. The first-order chi connectivity index (χ1) is 13.7.